The maximum Gasteiger partial charge on any atom is 0.0636 e. The van der Waals surface area contributed by atoms with Crippen LogP contribution in [0, 0.1) is 0 Å². The average Bonchev–Trinajstić information content (AvgIpc) is 3.67. The Kier molecular flexibility index (Phi) is 23.4. The van der Waals surface area contributed by atoms with Crippen molar-refractivity contribution in [2.45, 2.75) is 157 Å². The smallest absolute Gasteiger partial charge is 0.0636 e. The van der Waals surface area contributed by atoms with Gasteiger partial charge in [-0.1, -0.05) is 38.5 Å². The molecule has 0 aromatic carbocycles. The lowest BCUT2D eigenvalue weighted by Gasteiger charge is -2.33. The minimum Gasteiger partial charge on any atom is -0.380 e. The molecular formula is C37H84N10O. The van der Waals surface area contributed by atoms with Crippen molar-refractivity contribution in [1.82, 2.24) is 24.5 Å². The van der Waals surface area contributed by atoms with E-state index < -0.39 is 0 Å². The molecule has 0 amide bonds. The Morgan fingerprint density at radius 1 is 0.333 bits per heavy atom. The molecule has 1 heterocycles. The molecule has 288 valence electrons. The van der Waals surface area contributed by atoms with E-state index in [9.17, 15) is 0 Å². The van der Waals surface area contributed by atoms with Gasteiger partial charge in [0.15, 0.2) is 0 Å². The molecule has 0 aromatic rings. The number of hydrogen-bond donors (Lipinski definition) is 5. The van der Waals surface area contributed by atoms with Crippen LogP contribution in [0.4, 0.5) is 0 Å². The van der Waals surface area contributed by atoms with Gasteiger partial charge < -0.3 is 57.9 Å². The van der Waals surface area contributed by atoms with Crippen LogP contribution in [0.2, 0.25) is 0 Å². The first-order valence-corrected chi connectivity index (χ1v) is 19.3. The van der Waals surface area contributed by atoms with Gasteiger partial charge in [0.1, 0.15) is 0 Å². The molecule has 0 unspecified atom stereocenters. The van der Waals surface area contributed by atoms with Gasteiger partial charge >= 0.3 is 0 Å². The minimum atomic E-state index is 0.295. The van der Waals surface area contributed by atoms with Gasteiger partial charge in [-0.3, -0.25) is 0 Å². The van der Waals surface area contributed by atoms with Crippen LogP contribution in [-0.4, -0.2) is 169 Å². The summed E-state index contributed by atoms with van der Waals surface area (Å²) in [6, 6.07) is 4.96. The highest BCUT2D eigenvalue weighted by Gasteiger charge is 2.27. The first-order valence-electron chi connectivity index (χ1n) is 19.3. The van der Waals surface area contributed by atoms with Crippen molar-refractivity contribution in [2.24, 2.45) is 28.7 Å². The molecule has 1 aliphatic heterocycles. The molecule has 11 nitrogen and oxygen atoms in total. The Morgan fingerprint density at radius 3 is 0.792 bits per heavy atom. The van der Waals surface area contributed by atoms with Crippen molar-refractivity contribution in [2.75, 3.05) is 83.7 Å². The molecule has 0 bridgehead atoms. The predicted molar refractivity (Wildman–Crippen MR) is 207 cm³/mol. The summed E-state index contributed by atoms with van der Waals surface area (Å²) in [6.45, 7) is 1.61. The molecule has 1 saturated heterocycles. The van der Waals surface area contributed by atoms with Crippen LogP contribution >= 0.6 is 0 Å². The van der Waals surface area contributed by atoms with Crippen LogP contribution in [-0.2, 0) is 4.74 Å². The maximum atomic E-state index is 5.94. The maximum absolute atomic E-state index is 5.94. The van der Waals surface area contributed by atoms with E-state index >= 15 is 0 Å². The van der Waals surface area contributed by atoms with Gasteiger partial charge in [0.05, 0.1) is 6.61 Å². The molecule has 5 rings (SSSR count). The third kappa shape index (κ3) is 17.2. The summed E-state index contributed by atoms with van der Waals surface area (Å²) in [5, 5.41) is 0. The lowest BCUT2D eigenvalue weighted by atomic mass is 9.90. The number of hydrogen-bond acceptors (Lipinski definition) is 11. The lowest BCUT2D eigenvalue weighted by Crippen LogP contribution is -2.50. The molecule has 5 fully saturated rings. The summed E-state index contributed by atoms with van der Waals surface area (Å²) in [5.74, 6) is 0. The standard InChI is InChI=1S/2C8H18N2.C7H16N2O.2C7H16N2/c2*1-10(2)8-6-4-3-5-7(8)9;1-9(2)7-5-10-4-3-6(7)8;2*1-9(2)7-5-3-4-6(7)8/h2*7-8H,3-6,9H2,1-2H3;6-7H,3-5,8H2,1-2H3;2*6-7H,3-5,8H2,1-2H3/t2*7-,8-;3*6-,7-/m11111/s1. The molecule has 4 aliphatic carbocycles. The van der Waals surface area contributed by atoms with Gasteiger partial charge in [0, 0.05) is 67.0 Å². The van der Waals surface area contributed by atoms with E-state index in [2.05, 4.69) is 80.9 Å². The van der Waals surface area contributed by atoms with E-state index in [1.807, 2.05) is 14.1 Å². The average molecular weight is 685 g/mol. The predicted octanol–water partition coefficient (Wildman–Crippen LogP) is 2.16. The van der Waals surface area contributed by atoms with E-state index in [1.165, 1.54) is 89.9 Å². The highest BCUT2D eigenvalue weighted by atomic mass is 16.5. The minimum absolute atomic E-state index is 0.295. The molecule has 48 heavy (non-hydrogen) atoms. The second kappa shape index (κ2) is 24.7. The normalized spacial score (nSPS) is 35.2. The Balaban J connectivity index is 0.000000300. The van der Waals surface area contributed by atoms with Gasteiger partial charge in [-0.15, -0.1) is 0 Å². The second-order valence-electron chi connectivity index (χ2n) is 16.3. The van der Waals surface area contributed by atoms with Crippen molar-refractivity contribution in [3.63, 3.8) is 0 Å². The zero-order chi connectivity index (χ0) is 36.4. The van der Waals surface area contributed by atoms with Crippen molar-refractivity contribution in [1.29, 1.82) is 0 Å². The van der Waals surface area contributed by atoms with Gasteiger partial charge in [-0.05, 0) is 128 Å². The van der Waals surface area contributed by atoms with E-state index in [-0.39, 0.29) is 0 Å². The summed E-state index contributed by atoms with van der Waals surface area (Å²) in [4.78, 5) is 11.1. The van der Waals surface area contributed by atoms with Crippen molar-refractivity contribution in [3.8, 4) is 0 Å². The van der Waals surface area contributed by atoms with Crippen LogP contribution in [0.25, 0.3) is 0 Å². The fourth-order valence-electron chi connectivity index (χ4n) is 8.05. The van der Waals surface area contributed by atoms with Gasteiger partial charge in [-0.2, -0.15) is 0 Å². The molecule has 4 saturated carbocycles. The first kappa shape index (κ1) is 45.6. The summed E-state index contributed by atoms with van der Waals surface area (Å²) in [7, 11) is 21.0. The molecule has 0 radical (unpaired) electrons. The number of rotatable bonds is 5. The van der Waals surface area contributed by atoms with Crippen molar-refractivity contribution >= 4 is 0 Å². The van der Waals surface area contributed by atoms with Crippen LogP contribution in [0.15, 0.2) is 0 Å². The molecular weight excluding hydrogens is 600 g/mol. The number of nitrogens with two attached hydrogens (primary N) is 5. The third-order valence-corrected chi connectivity index (χ3v) is 11.3. The zero-order valence-electron chi connectivity index (χ0n) is 33.3. The summed E-state index contributed by atoms with van der Waals surface area (Å²) < 4.78 is 5.29. The van der Waals surface area contributed by atoms with Crippen LogP contribution in [0.5, 0.6) is 0 Å². The van der Waals surface area contributed by atoms with Crippen LogP contribution < -0.4 is 28.7 Å². The number of nitrogens with zero attached hydrogens (tertiary/aromatic N) is 5. The largest absolute Gasteiger partial charge is 0.380 e. The Bertz CT molecular complexity index is 699. The van der Waals surface area contributed by atoms with Crippen LogP contribution in [0.1, 0.15) is 96.3 Å². The van der Waals surface area contributed by atoms with E-state index in [1.54, 1.807) is 0 Å². The third-order valence-electron chi connectivity index (χ3n) is 11.3. The molecule has 11 heteroatoms. The summed E-state index contributed by atoms with van der Waals surface area (Å²) in [5.41, 5.74) is 29.4. The Morgan fingerprint density at radius 2 is 0.583 bits per heavy atom. The second-order valence-corrected chi connectivity index (χ2v) is 16.3. The van der Waals surface area contributed by atoms with E-state index in [0.29, 0.717) is 60.4 Å². The van der Waals surface area contributed by atoms with E-state index in [0.717, 1.165) is 19.6 Å². The molecule has 10 atom stereocenters. The van der Waals surface area contributed by atoms with Crippen molar-refractivity contribution in [3.05, 3.63) is 0 Å². The number of likely N-dealkylation sites (N-methyl/N-ethyl adjacent to an activating group) is 5. The summed E-state index contributed by atoms with van der Waals surface area (Å²) in [6.07, 6.45) is 19.0. The fraction of sp³-hybridized carbons (Fsp3) is 1.00. The SMILES string of the molecule is CN(C)[C@@H]1CCCC[C@H]1N.CN(C)[C@@H]1CCCC[C@H]1N.CN(C)[C@@H]1CCC[C@H]1N.CN(C)[C@@H]1CCC[C@H]1N.CN(C)[C@@H]1COCC[C@H]1N. The summed E-state index contributed by atoms with van der Waals surface area (Å²) >= 11 is 0. The highest BCUT2D eigenvalue weighted by molar-refractivity contribution is 4.87. The zero-order valence-corrected chi connectivity index (χ0v) is 33.3. The Hall–Kier alpha value is -0.440. The first-order chi connectivity index (χ1) is 22.6. The van der Waals surface area contributed by atoms with Gasteiger partial charge in [-0.25, -0.2) is 0 Å². The fourth-order valence-corrected chi connectivity index (χ4v) is 8.05. The molecule has 10 N–H and O–H groups in total. The Labute approximate surface area is 297 Å². The molecule has 0 aromatic heterocycles. The quantitative estimate of drug-likeness (QED) is 0.289. The van der Waals surface area contributed by atoms with Crippen molar-refractivity contribution < 1.29 is 4.74 Å². The molecule has 0 spiro atoms. The van der Waals surface area contributed by atoms with Crippen LogP contribution in [0.3, 0.4) is 0 Å². The molecule has 5 aliphatic rings. The topological polar surface area (TPSA) is 156 Å². The highest BCUT2D eigenvalue weighted by Crippen LogP contribution is 2.22. The monoisotopic (exact) mass is 685 g/mol. The number of ether oxygens (including phenoxy) is 1. The van der Waals surface area contributed by atoms with Gasteiger partial charge in [0.2, 0.25) is 0 Å². The lowest BCUT2D eigenvalue weighted by molar-refractivity contribution is 0.0238. The van der Waals surface area contributed by atoms with E-state index in [4.69, 9.17) is 33.4 Å². The van der Waals surface area contributed by atoms with Gasteiger partial charge in [0.25, 0.3) is 0 Å².